The van der Waals surface area contributed by atoms with Crippen molar-refractivity contribution in [2.45, 2.75) is 19.3 Å². The van der Waals surface area contributed by atoms with E-state index in [0.717, 1.165) is 23.0 Å². The summed E-state index contributed by atoms with van der Waals surface area (Å²) in [5, 5.41) is 8.39. The van der Waals surface area contributed by atoms with E-state index in [1.54, 1.807) is 7.05 Å². The summed E-state index contributed by atoms with van der Waals surface area (Å²) in [7, 11) is 1.76. The summed E-state index contributed by atoms with van der Waals surface area (Å²) in [5.74, 6) is 0. The summed E-state index contributed by atoms with van der Waals surface area (Å²) >= 11 is 0. The van der Waals surface area contributed by atoms with Crippen LogP contribution in [0.4, 0.5) is 24.5 Å². The van der Waals surface area contributed by atoms with Gasteiger partial charge in [0.15, 0.2) is 0 Å². The van der Waals surface area contributed by atoms with E-state index in [1.807, 2.05) is 23.3 Å². The maximum Gasteiger partial charge on any atom is 0.423 e. The van der Waals surface area contributed by atoms with E-state index in [9.17, 15) is 18.0 Å². The molecule has 5 nitrogen and oxygen atoms in total. The third-order valence-corrected chi connectivity index (χ3v) is 3.71. The van der Waals surface area contributed by atoms with Crippen molar-refractivity contribution >= 4 is 11.4 Å². The van der Waals surface area contributed by atoms with Gasteiger partial charge in [-0.2, -0.15) is 18.3 Å². The Kier molecular flexibility index (Phi) is 3.31. The van der Waals surface area contributed by atoms with Crippen LogP contribution in [0.1, 0.15) is 16.7 Å². The summed E-state index contributed by atoms with van der Waals surface area (Å²) in [4.78, 5) is 13.1. The van der Waals surface area contributed by atoms with Gasteiger partial charge in [0.2, 0.25) is 0 Å². The number of H-pyrrole nitrogens is 1. The fourth-order valence-corrected chi connectivity index (χ4v) is 2.73. The molecule has 116 valence electrons. The average Bonchev–Trinajstić information content (AvgIpc) is 2.89. The molecule has 2 N–H and O–H groups in total. The molecule has 1 aromatic heterocycles. The van der Waals surface area contributed by atoms with Gasteiger partial charge in [0.05, 0.1) is 11.9 Å². The third kappa shape index (κ3) is 2.30. The van der Waals surface area contributed by atoms with Crippen LogP contribution in [0, 0.1) is 0 Å². The highest BCUT2D eigenvalue weighted by Crippen LogP contribution is 2.38. The van der Waals surface area contributed by atoms with Gasteiger partial charge in [0, 0.05) is 25.8 Å². The minimum atomic E-state index is -4.73. The molecule has 0 saturated carbocycles. The van der Waals surface area contributed by atoms with E-state index >= 15 is 0 Å². The number of alkyl halides is 3. The molecular formula is C14H13F3N4O. The Morgan fingerprint density at radius 2 is 2.09 bits per heavy atom. The molecule has 0 saturated heterocycles. The van der Waals surface area contributed by atoms with E-state index in [2.05, 4.69) is 10.4 Å². The van der Waals surface area contributed by atoms with E-state index in [0.29, 0.717) is 13.1 Å². The average molecular weight is 310 g/mol. The highest BCUT2D eigenvalue weighted by Gasteiger charge is 2.39. The van der Waals surface area contributed by atoms with Crippen LogP contribution in [0.5, 0.6) is 0 Å². The van der Waals surface area contributed by atoms with E-state index < -0.39 is 17.3 Å². The fourth-order valence-electron chi connectivity index (χ4n) is 2.73. The third-order valence-electron chi connectivity index (χ3n) is 3.71. The van der Waals surface area contributed by atoms with Crippen molar-refractivity contribution in [3.63, 3.8) is 0 Å². The molecule has 0 atom stereocenters. The van der Waals surface area contributed by atoms with Crippen molar-refractivity contribution in [1.29, 1.82) is 0 Å². The molecule has 0 unspecified atom stereocenters. The van der Waals surface area contributed by atoms with Gasteiger partial charge in [0.25, 0.3) is 5.56 Å². The Bertz CT molecular complexity index is 769. The zero-order valence-corrected chi connectivity index (χ0v) is 11.7. The normalized spacial score (nSPS) is 14.1. The summed E-state index contributed by atoms with van der Waals surface area (Å²) in [6.45, 7) is 0.597. The first kappa shape index (κ1) is 14.4. The minimum Gasteiger partial charge on any atom is -0.388 e. The number of fused-ring (bicyclic) bond motifs is 1. The van der Waals surface area contributed by atoms with Crippen molar-refractivity contribution in [1.82, 2.24) is 10.2 Å². The van der Waals surface area contributed by atoms with Gasteiger partial charge in [0.1, 0.15) is 5.56 Å². The van der Waals surface area contributed by atoms with Crippen LogP contribution in [0.2, 0.25) is 0 Å². The van der Waals surface area contributed by atoms with Crippen molar-refractivity contribution < 1.29 is 13.2 Å². The highest BCUT2D eigenvalue weighted by atomic mass is 19.4. The highest BCUT2D eigenvalue weighted by molar-refractivity contribution is 5.62. The van der Waals surface area contributed by atoms with Gasteiger partial charge < -0.3 is 10.2 Å². The van der Waals surface area contributed by atoms with E-state index in [1.165, 1.54) is 4.90 Å². The fraction of sp³-hybridized carbons (Fsp3) is 0.286. The molecule has 2 aromatic rings. The molecule has 0 fully saturated rings. The molecule has 0 aliphatic carbocycles. The zero-order valence-electron chi connectivity index (χ0n) is 11.7. The molecule has 0 radical (unpaired) electrons. The van der Waals surface area contributed by atoms with Gasteiger partial charge in [-0.3, -0.25) is 4.79 Å². The largest absolute Gasteiger partial charge is 0.423 e. The number of hydrogen-bond donors (Lipinski definition) is 2. The molecule has 1 aliphatic rings. The Balaban J connectivity index is 2.06. The van der Waals surface area contributed by atoms with Gasteiger partial charge in [-0.25, -0.2) is 5.10 Å². The summed E-state index contributed by atoms with van der Waals surface area (Å²) < 4.78 is 39.5. The number of nitrogens with zero attached hydrogens (tertiary/aromatic N) is 2. The quantitative estimate of drug-likeness (QED) is 0.894. The number of aromatic nitrogens is 2. The Morgan fingerprint density at radius 3 is 2.77 bits per heavy atom. The number of rotatable bonds is 2. The topological polar surface area (TPSA) is 61.0 Å². The number of nitrogens with one attached hydrogen (secondary N) is 2. The molecule has 2 heterocycles. The Morgan fingerprint density at radius 1 is 1.32 bits per heavy atom. The van der Waals surface area contributed by atoms with Gasteiger partial charge in [-0.1, -0.05) is 12.1 Å². The summed E-state index contributed by atoms with van der Waals surface area (Å²) in [6.07, 6.45) is -3.68. The van der Waals surface area contributed by atoms with Crippen molar-refractivity contribution in [3.05, 3.63) is 51.4 Å². The second kappa shape index (κ2) is 5.04. The Labute approximate surface area is 123 Å². The standard InChI is InChI=1S/C14H13F3N4O/c1-18-10-4-2-3-8-6-21(7-9(8)10)11-5-19-20-13(22)12(11)14(15,16)17/h2-5,18H,6-7H2,1H3,(H,20,22). The van der Waals surface area contributed by atoms with Crippen LogP contribution in [0.25, 0.3) is 0 Å². The number of halogens is 3. The monoisotopic (exact) mass is 310 g/mol. The molecule has 8 heteroatoms. The van der Waals surface area contributed by atoms with Crippen molar-refractivity contribution in [2.24, 2.45) is 0 Å². The van der Waals surface area contributed by atoms with Crippen molar-refractivity contribution in [3.8, 4) is 0 Å². The molecule has 3 rings (SSSR count). The number of anilines is 2. The van der Waals surface area contributed by atoms with Crippen molar-refractivity contribution in [2.75, 3.05) is 17.3 Å². The first-order chi connectivity index (χ1) is 10.4. The first-order valence-corrected chi connectivity index (χ1v) is 6.60. The first-order valence-electron chi connectivity index (χ1n) is 6.60. The summed E-state index contributed by atoms with van der Waals surface area (Å²) in [5.41, 5.74) is 0.0932. The lowest BCUT2D eigenvalue weighted by molar-refractivity contribution is -0.138. The molecule has 1 aliphatic heterocycles. The number of benzene rings is 1. The van der Waals surface area contributed by atoms with Gasteiger partial charge >= 0.3 is 6.18 Å². The van der Waals surface area contributed by atoms with Crippen LogP contribution in [0.15, 0.2) is 29.2 Å². The van der Waals surface area contributed by atoms with E-state index in [4.69, 9.17) is 0 Å². The lowest BCUT2D eigenvalue weighted by Crippen LogP contribution is -2.28. The summed E-state index contributed by atoms with van der Waals surface area (Å²) in [6, 6.07) is 5.57. The minimum absolute atomic E-state index is 0.200. The Hall–Kier alpha value is -2.51. The maximum atomic E-state index is 13.2. The molecule has 0 bridgehead atoms. The zero-order chi connectivity index (χ0) is 15.9. The number of aromatic amines is 1. The molecule has 0 spiro atoms. The molecule has 22 heavy (non-hydrogen) atoms. The number of hydrogen-bond acceptors (Lipinski definition) is 4. The lowest BCUT2D eigenvalue weighted by atomic mass is 10.1. The predicted molar refractivity (Wildman–Crippen MR) is 75.7 cm³/mol. The molecule has 0 amide bonds. The van der Waals surface area contributed by atoms with Crippen LogP contribution in [-0.4, -0.2) is 17.2 Å². The van der Waals surface area contributed by atoms with Gasteiger partial charge in [-0.05, 0) is 17.2 Å². The van der Waals surface area contributed by atoms with Gasteiger partial charge in [-0.15, -0.1) is 0 Å². The smallest absolute Gasteiger partial charge is 0.388 e. The SMILES string of the molecule is CNc1cccc2c1CN(c1cn[nH]c(=O)c1C(F)(F)F)C2. The van der Waals surface area contributed by atoms with Crippen LogP contribution in [0.3, 0.4) is 0 Å². The lowest BCUT2D eigenvalue weighted by Gasteiger charge is -2.21. The second-order valence-electron chi connectivity index (χ2n) is 5.01. The van der Waals surface area contributed by atoms with Crippen LogP contribution >= 0.6 is 0 Å². The predicted octanol–water partition coefficient (Wildman–Crippen LogP) is 2.35. The maximum absolute atomic E-state index is 13.2. The van der Waals surface area contributed by atoms with Crippen LogP contribution in [-0.2, 0) is 19.3 Å². The molecular weight excluding hydrogens is 297 g/mol. The molecule has 1 aromatic carbocycles. The van der Waals surface area contributed by atoms with E-state index in [-0.39, 0.29) is 5.69 Å². The second-order valence-corrected chi connectivity index (χ2v) is 5.01. The van der Waals surface area contributed by atoms with Crippen LogP contribution < -0.4 is 15.8 Å².